The number of carboxylic acid groups (broad SMARTS) is 1. The quantitative estimate of drug-likeness (QED) is 0.0827. The van der Waals surface area contributed by atoms with Gasteiger partial charge in [-0.1, -0.05) is 80.2 Å². The molecule has 4 aliphatic rings. The van der Waals surface area contributed by atoms with Crippen molar-refractivity contribution in [1.29, 1.82) is 0 Å². The van der Waals surface area contributed by atoms with E-state index < -0.39 is 5.97 Å². The number of rotatable bonds is 8. The van der Waals surface area contributed by atoms with E-state index in [0.29, 0.717) is 23.8 Å². The van der Waals surface area contributed by atoms with E-state index in [9.17, 15) is 9.59 Å². The minimum Gasteiger partial charge on any atom is -0.475 e. The fourth-order valence-corrected chi connectivity index (χ4v) is 12.5. The molecule has 16 rings (SSSR count). The lowest BCUT2D eigenvalue weighted by molar-refractivity contribution is 0.0557. The molecule has 12 aromatic rings. The molecule has 0 radical (unpaired) electrons. The number of carboxylic acids is 1. The number of carbonyl (C=O) groups is 2. The maximum atomic E-state index is 13.1. The number of nitrogens with one attached hydrogen (secondary N) is 5. The molecule has 1 amide bonds. The summed E-state index contributed by atoms with van der Waals surface area (Å²) in [4.78, 5) is 59.3. The van der Waals surface area contributed by atoms with Crippen molar-refractivity contribution >= 4 is 45.2 Å². The number of aromatic nitrogens is 16. The van der Waals surface area contributed by atoms with Gasteiger partial charge in [0.2, 0.25) is 11.6 Å². The van der Waals surface area contributed by atoms with E-state index in [-0.39, 0.29) is 37.2 Å². The summed E-state index contributed by atoms with van der Waals surface area (Å²) in [5.74, 6) is -0.247. The lowest BCUT2D eigenvalue weighted by atomic mass is 9.86. The SMILES string of the molecule is C.O=C(O)c1ncn[nH]1.O=C(c1ncn[nH]1)N1[C@@H]2CC[C@H]1CC(c1nc3c(-c4ccc(-c5ccccc5)nc4)cnn3c3[nH]ccc13)C2.c1ccc(-c2ccc(-c3cnn4c3nc(C3C[C@H]5CC[C@@H](C3)N5)c3cc[nH]c34)cn2)cc1. The predicted octanol–water partition coefficient (Wildman–Crippen LogP) is 9.69. The van der Waals surface area contributed by atoms with Crippen LogP contribution in [0, 0.1) is 0 Å². The highest BCUT2D eigenvalue weighted by Crippen LogP contribution is 2.45. The highest BCUT2D eigenvalue weighted by Gasteiger charge is 2.45. The monoisotopic (exact) mass is 1060 g/mol. The summed E-state index contributed by atoms with van der Waals surface area (Å²) >= 11 is 0. The lowest BCUT2D eigenvalue weighted by Gasteiger charge is -2.38. The molecule has 2 aromatic carbocycles. The van der Waals surface area contributed by atoms with Gasteiger partial charge in [-0.15, -0.1) is 0 Å². The van der Waals surface area contributed by atoms with E-state index in [1.165, 1.54) is 30.2 Å². The summed E-state index contributed by atoms with van der Waals surface area (Å²) in [7, 11) is 0. The Morgan fingerprint density at radius 2 is 1.01 bits per heavy atom. The smallest absolute Gasteiger partial charge is 0.373 e. The number of aromatic amines is 4. The average molecular weight is 1070 g/mol. The van der Waals surface area contributed by atoms with Crippen LogP contribution >= 0.6 is 0 Å². The second-order valence-corrected chi connectivity index (χ2v) is 20.7. The normalized spacial score (nSPS) is 20.1. The zero-order chi connectivity index (χ0) is 53.0. The molecule has 21 heteroatoms. The fraction of sp³-hybridized carbons (Fsp3) is 0.254. The lowest BCUT2D eigenvalue weighted by Crippen LogP contribution is -2.46. The maximum absolute atomic E-state index is 13.1. The summed E-state index contributed by atoms with van der Waals surface area (Å²) in [5.41, 5.74) is 14.0. The van der Waals surface area contributed by atoms with Crippen molar-refractivity contribution in [2.24, 2.45) is 0 Å². The molecule has 6 N–H and O–H groups in total. The van der Waals surface area contributed by atoms with Crippen LogP contribution in [0.1, 0.15) is 103 Å². The summed E-state index contributed by atoms with van der Waals surface area (Å²) in [6, 6.07) is 34.6. The van der Waals surface area contributed by atoms with Gasteiger partial charge in [0, 0.05) is 105 Å². The first-order valence-electron chi connectivity index (χ1n) is 26.6. The van der Waals surface area contributed by atoms with Gasteiger partial charge in [0.1, 0.15) is 23.9 Å². The molecule has 6 atom stereocenters. The Kier molecular flexibility index (Phi) is 13.0. The van der Waals surface area contributed by atoms with Crippen LogP contribution in [0.5, 0.6) is 0 Å². The van der Waals surface area contributed by atoms with Crippen LogP contribution in [-0.4, -0.2) is 126 Å². The number of hydrogen-bond acceptors (Lipinski definition) is 13. The van der Waals surface area contributed by atoms with E-state index in [1.54, 1.807) is 0 Å². The molecule has 14 heterocycles. The van der Waals surface area contributed by atoms with E-state index in [2.05, 4.69) is 105 Å². The van der Waals surface area contributed by atoms with Crippen LogP contribution in [0.15, 0.2) is 147 Å². The minimum absolute atomic E-state index is 0. The van der Waals surface area contributed by atoms with Crippen LogP contribution in [0.2, 0.25) is 0 Å². The topological polar surface area (TPSA) is 271 Å². The summed E-state index contributed by atoms with van der Waals surface area (Å²) in [5, 5.41) is 35.7. The van der Waals surface area contributed by atoms with E-state index in [0.717, 1.165) is 123 Å². The summed E-state index contributed by atoms with van der Waals surface area (Å²) in [6.07, 6.45) is 22.7. The van der Waals surface area contributed by atoms with Gasteiger partial charge in [-0.2, -0.15) is 29.4 Å². The number of pyridine rings is 2. The number of hydrogen-bond donors (Lipinski definition) is 6. The van der Waals surface area contributed by atoms with Crippen molar-refractivity contribution in [3.63, 3.8) is 0 Å². The first-order valence-corrected chi connectivity index (χ1v) is 26.6. The number of H-pyrrole nitrogens is 4. The van der Waals surface area contributed by atoms with Gasteiger partial charge >= 0.3 is 5.97 Å². The Bertz CT molecular complexity index is 4090. The molecular formula is C59H56N18O3. The van der Waals surface area contributed by atoms with Crippen molar-refractivity contribution in [2.75, 3.05) is 0 Å². The molecule has 4 saturated heterocycles. The summed E-state index contributed by atoms with van der Waals surface area (Å²) in [6.45, 7) is 0. The second-order valence-electron chi connectivity index (χ2n) is 20.7. The molecule has 80 heavy (non-hydrogen) atoms. The summed E-state index contributed by atoms with van der Waals surface area (Å²) < 4.78 is 3.82. The third-order valence-corrected chi connectivity index (χ3v) is 16.1. The Labute approximate surface area is 457 Å². The Morgan fingerprint density at radius 1 is 0.525 bits per heavy atom. The van der Waals surface area contributed by atoms with Crippen LogP contribution < -0.4 is 5.32 Å². The predicted molar refractivity (Wildman–Crippen MR) is 300 cm³/mol. The highest BCUT2D eigenvalue weighted by molar-refractivity contribution is 5.92. The van der Waals surface area contributed by atoms with Crippen LogP contribution in [-0.2, 0) is 0 Å². The molecule has 4 aliphatic heterocycles. The number of nitrogens with zero attached hydrogens (tertiary/aromatic N) is 13. The third kappa shape index (κ3) is 9.09. The second kappa shape index (κ2) is 20.9. The van der Waals surface area contributed by atoms with Crippen molar-refractivity contribution in [3.05, 3.63) is 170 Å². The largest absolute Gasteiger partial charge is 0.475 e. The van der Waals surface area contributed by atoms with Gasteiger partial charge in [0.15, 0.2) is 11.3 Å². The van der Waals surface area contributed by atoms with E-state index in [4.69, 9.17) is 30.1 Å². The van der Waals surface area contributed by atoms with E-state index >= 15 is 0 Å². The van der Waals surface area contributed by atoms with Gasteiger partial charge in [0.25, 0.3) is 5.91 Å². The molecular weight excluding hydrogens is 1010 g/mol. The molecule has 0 aliphatic carbocycles. The van der Waals surface area contributed by atoms with Crippen molar-refractivity contribution in [3.8, 4) is 44.8 Å². The Hall–Kier alpha value is -9.76. The first-order chi connectivity index (χ1) is 38.9. The zero-order valence-electron chi connectivity index (χ0n) is 42.6. The van der Waals surface area contributed by atoms with Crippen LogP contribution in [0.25, 0.3) is 78.1 Å². The van der Waals surface area contributed by atoms with Gasteiger partial charge in [0.05, 0.1) is 35.2 Å². The molecule has 0 spiro atoms. The standard InChI is InChI=1S/C29H25N9O.C26H24N6.C3H3N3O2.CH4/c39-29(26-32-16-33-36-26)37-20-7-8-21(37)13-19(12-20)25-22-10-11-30-27(22)38-28(35-25)23(15-34-38)18-6-9-24(31-14-18)17-4-2-1-3-5-17;1-2-4-16(5-3-1)23-9-6-17(14-28-23)22-15-29-32-25-21(10-11-27-25)24(31-26(22)32)18-12-19-7-8-20(13-18)30-19;7-3(8)2-4-1-5-6-2;/h1-6,9-11,14-16,19-21,30H,7-8,12-13H2,(H,32,33,36);1-6,9-11,14-15,18-20,27,30H,7-8,12-13H2;1H,(H,7,8)(H,4,5,6);1H4/t19?,20-,21+;18?,19-,20+;;. The molecule has 400 valence electrons. The van der Waals surface area contributed by atoms with E-state index in [1.807, 2.05) is 93.6 Å². The molecule has 21 nitrogen and oxygen atoms in total. The molecule has 2 unspecified atom stereocenters. The molecule has 0 saturated carbocycles. The molecule has 4 bridgehead atoms. The third-order valence-electron chi connectivity index (χ3n) is 16.1. The first kappa shape index (κ1) is 49.8. The fourth-order valence-electron chi connectivity index (χ4n) is 12.5. The van der Waals surface area contributed by atoms with Gasteiger partial charge in [-0.25, -0.2) is 24.7 Å². The number of fused-ring (bicyclic) bond motifs is 10. The van der Waals surface area contributed by atoms with Crippen molar-refractivity contribution < 1.29 is 14.7 Å². The Balaban J connectivity index is 0.000000133. The number of aromatic carboxylic acids is 1. The van der Waals surface area contributed by atoms with Gasteiger partial charge in [-0.3, -0.25) is 25.0 Å². The molecule has 10 aromatic heterocycles. The number of carbonyl (C=O) groups excluding carboxylic acids is 1. The maximum Gasteiger partial charge on any atom is 0.373 e. The average Bonchev–Trinajstić information content (AvgIpc) is 4.38. The van der Waals surface area contributed by atoms with Gasteiger partial charge < -0.3 is 25.3 Å². The van der Waals surface area contributed by atoms with Crippen LogP contribution in [0.3, 0.4) is 0 Å². The van der Waals surface area contributed by atoms with Crippen LogP contribution in [0.4, 0.5) is 0 Å². The number of piperidine rings is 2. The minimum atomic E-state index is -1.09. The number of amides is 1. The number of benzene rings is 2. The molecule has 4 fully saturated rings. The van der Waals surface area contributed by atoms with Crippen molar-refractivity contribution in [1.82, 2.24) is 89.7 Å². The highest BCUT2D eigenvalue weighted by atomic mass is 16.4. The zero-order valence-corrected chi connectivity index (χ0v) is 42.6. The van der Waals surface area contributed by atoms with Crippen molar-refractivity contribution in [2.45, 2.75) is 94.8 Å². The van der Waals surface area contributed by atoms with Gasteiger partial charge in [-0.05, 0) is 75.6 Å². The Morgan fingerprint density at radius 3 is 1.45 bits per heavy atom.